The number of nitrogens with zero attached hydrogens (tertiary/aromatic N) is 1. The van der Waals surface area contributed by atoms with E-state index in [4.69, 9.17) is 4.84 Å². The van der Waals surface area contributed by atoms with Crippen molar-refractivity contribution in [1.29, 1.82) is 0 Å². The topological polar surface area (TPSA) is 29.5 Å². The number of fused-ring (bicyclic) bond motifs is 1. The Balaban J connectivity index is 2.04. The van der Waals surface area contributed by atoms with Crippen molar-refractivity contribution in [1.82, 2.24) is 5.06 Å². The van der Waals surface area contributed by atoms with E-state index >= 15 is 0 Å². The van der Waals surface area contributed by atoms with Gasteiger partial charge < -0.3 is 0 Å². The van der Waals surface area contributed by atoms with Crippen LogP contribution in [0.1, 0.15) is 12.5 Å². The summed E-state index contributed by atoms with van der Waals surface area (Å²) in [5, 5.41) is 7.50. The van der Waals surface area contributed by atoms with E-state index in [-0.39, 0.29) is 11.3 Å². The summed E-state index contributed by atoms with van der Waals surface area (Å²) in [4.78, 5) is 17.7. The van der Waals surface area contributed by atoms with Gasteiger partial charge in [-0.1, -0.05) is 0 Å². The van der Waals surface area contributed by atoms with Crippen LogP contribution in [0.3, 0.4) is 0 Å². The number of carbonyl (C=O) groups is 1. The molecule has 0 bridgehead atoms. The molecular weight excluding hydrogens is 254 g/mol. The fraction of sp³-hybridized carbons (Fsp3) is 0.250. The van der Waals surface area contributed by atoms with Crippen LogP contribution in [0.4, 0.5) is 0 Å². The second-order valence-electron chi connectivity index (χ2n) is 3.68. The molecule has 2 aliphatic heterocycles. The number of carbonyl (C=O) groups excluding carboxylic acids is 1. The molecule has 1 aromatic rings. The van der Waals surface area contributed by atoms with Gasteiger partial charge in [-0.05, 0) is 40.8 Å². The van der Waals surface area contributed by atoms with E-state index in [1.807, 2.05) is 35.2 Å². The summed E-state index contributed by atoms with van der Waals surface area (Å²) in [6.07, 6.45) is 2.01. The molecule has 3 rings (SSSR count). The van der Waals surface area contributed by atoms with E-state index in [0.717, 1.165) is 16.7 Å². The highest BCUT2D eigenvalue weighted by Crippen LogP contribution is 2.43. The SMILES string of the molecule is CCON1C(=O)C(c2ccsc2)=C2C=CSC21. The van der Waals surface area contributed by atoms with Gasteiger partial charge in [0.15, 0.2) is 0 Å². The van der Waals surface area contributed by atoms with Crippen molar-refractivity contribution in [3.63, 3.8) is 0 Å². The molecule has 88 valence electrons. The number of thioether (sulfide) groups is 1. The minimum Gasteiger partial charge on any atom is -0.270 e. The molecule has 0 spiro atoms. The number of amides is 1. The second kappa shape index (κ2) is 4.33. The molecule has 3 nitrogen and oxygen atoms in total. The molecule has 1 unspecified atom stereocenters. The Morgan fingerprint density at radius 3 is 3.12 bits per heavy atom. The summed E-state index contributed by atoms with van der Waals surface area (Å²) in [5.41, 5.74) is 2.84. The zero-order valence-electron chi connectivity index (χ0n) is 9.25. The molecule has 5 heteroatoms. The Hall–Kier alpha value is -1.04. The lowest BCUT2D eigenvalue weighted by molar-refractivity contribution is -0.175. The third-order valence-electron chi connectivity index (χ3n) is 2.71. The predicted octanol–water partition coefficient (Wildman–Crippen LogP) is 2.88. The highest BCUT2D eigenvalue weighted by molar-refractivity contribution is 8.03. The van der Waals surface area contributed by atoms with E-state index in [2.05, 4.69) is 0 Å². The lowest BCUT2D eigenvalue weighted by atomic mass is 10.1. The normalized spacial score (nSPS) is 22.8. The highest BCUT2D eigenvalue weighted by atomic mass is 32.2. The molecule has 0 aliphatic carbocycles. The van der Waals surface area contributed by atoms with Crippen LogP contribution in [0, 0.1) is 0 Å². The van der Waals surface area contributed by atoms with Gasteiger partial charge in [0.05, 0.1) is 12.2 Å². The summed E-state index contributed by atoms with van der Waals surface area (Å²) in [5.74, 6) is -0.0258. The van der Waals surface area contributed by atoms with Gasteiger partial charge >= 0.3 is 0 Å². The van der Waals surface area contributed by atoms with Gasteiger partial charge in [-0.15, -0.1) is 11.8 Å². The molecule has 0 saturated carbocycles. The molecule has 1 atom stereocenters. The monoisotopic (exact) mass is 265 g/mol. The second-order valence-corrected chi connectivity index (χ2v) is 5.45. The molecule has 0 aromatic carbocycles. The molecule has 3 heterocycles. The third kappa shape index (κ3) is 1.66. The van der Waals surface area contributed by atoms with Crippen LogP contribution in [0.25, 0.3) is 5.57 Å². The average Bonchev–Trinajstić information content (AvgIpc) is 2.99. The highest BCUT2D eigenvalue weighted by Gasteiger charge is 2.41. The average molecular weight is 265 g/mol. The van der Waals surface area contributed by atoms with Crippen molar-refractivity contribution in [3.05, 3.63) is 39.4 Å². The number of hydrogen-bond donors (Lipinski definition) is 0. The van der Waals surface area contributed by atoms with Crippen LogP contribution in [-0.4, -0.2) is 23.0 Å². The van der Waals surface area contributed by atoms with Crippen LogP contribution in [0.15, 0.2) is 33.9 Å². The van der Waals surface area contributed by atoms with Crippen molar-refractivity contribution >= 4 is 34.6 Å². The number of rotatable bonds is 3. The van der Waals surface area contributed by atoms with Crippen molar-refractivity contribution < 1.29 is 9.63 Å². The Kier molecular flexibility index (Phi) is 2.82. The number of hydrogen-bond acceptors (Lipinski definition) is 4. The van der Waals surface area contributed by atoms with E-state index < -0.39 is 0 Å². The first-order valence-electron chi connectivity index (χ1n) is 5.38. The summed E-state index contributed by atoms with van der Waals surface area (Å²) in [6, 6.07) is 1.98. The fourth-order valence-corrected chi connectivity index (χ4v) is 3.66. The van der Waals surface area contributed by atoms with E-state index in [1.54, 1.807) is 23.1 Å². The molecule has 0 fully saturated rings. The predicted molar refractivity (Wildman–Crippen MR) is 70.2 cm³/mol. The Bertz CT molecular complexity index is 505. The van der Waals surface area contributed by atoms with E-state index in [0.29, 0.717) is 6.61 Å². The van der Waals surface area contributed by atoms with Crippen LogP contribution >= 0.6 is 23.1 Å². The lowest BCUT2D eigenvalue weighted by Gasteiger charge is -2.21. The van der Waals surface area contributed by atoms with E-state index in [9.17, 15) is 4.79 Å². The fourth-order valence-electron chi connectivity index (χ4n) is 2.03. The van der Waals surface area contributed by atoms with Crippen molar-refractivity contribution in [3.8, 4) is 0 Å². The summed E-state index contributed by atoms with van der Waals surface area (Å²) >= 11 is 3.21. The number of hydroxylamine groups is 2. The Morgan fingerprint density at radius 1 is 1.53 bits per heavy atom. The van der Waals surface area contributed by atoms with Crippen molar-refractivity contribution in [2.45, 2.75) is 12.3 Å². The Labute approximate surface area is 108 Å². The van der Waals surface area contributed by atoms with Gasteiger partial charge in [-0.25, -0.2) is 0 Å². The van der Waals surface area contributed by atoms with Gasteiger partial charge in [0.1, 0.15) is 5.37 Å². The summed E-state index contributed by atoms with van der Waals surface area (Å²) in [7, 11) is 0. The maximum Gasteiger partial charge on any atom is 0.279 e. The maximum absolute atomic E-state index is 12.3. The maximum atomic E-state index is 12.3. The molecule has 2 aliphatic rings. The largest absolute Gasteiger partial charge is 0.279 e. The number of thiophene rings is 1. The van der Waals surface area contributed by atoms with Gasteiger partial charge in [-0.3, -0.25) is 9.63 Å². The van der Waals surface area contributed by atoms with Crippen LogP contribution in [-0.2, 0) is 9.63 Å². The molecule has 1 amide bonds. The first kappa shape index (κ1) is 11.1. The zero-order valence-corrected chi connectivity index (χ0v) is 10.9. The zero-order chi connectivity index (χ0) is 11.8. The van der Waals surface area contributed by atoms with Gasteiger partial charge in [-0.2, -0.15) is 16.4 Å². The molecule has 0 radical (unpaired) electrons. The van der Waals surface area contributed by atoms with Crippen molar-refractivity contribution in [2.24, 2.45) is 0 Å². The minimum atomic E-state index is -0.0258. The van der Waals surface area contributed by atoms with Gasteiger partial charge in [0.25, 0.3) is 5.91 Å². The van der Waals surface area contributed by atoms with Crippen LogP contribution < -0.4 is 0 Å². The van der Waals surface area contributed by atoms with Crippen LogP contribution in [0.2, 0.25) is 0 Å². The van der Waals surface area contributed by atoms with E-state index in [1.165, 1.54) is 5.06 Å². The van der Waals surface area contributed by atoms with Gasteiger partial charge in [0.2, 0.25) is 0 Å². The smallest absolute Gasteiger partial charge is 0.270 e. The van der Waals surface area contributed by atoms with Crippen molar-refractivity contribution in [2.75, 3.05) is 6.61 Å². The molecule has 17 heavy (non-hydrogen) atoms. The first-order valence-corrected chi connectivity index (χ1v) is 7.26. The van der Waals surface area contributed by atoms with Crippen LogP contribution in [0.5, 0.6) is 0 Å². The standard InChI is InChI=1S/C12H11NO2S2/c1-2-15-13-11(14)10(8-3-5-16-7-8)9-4-6-17-12(9)13/h3-7,12H,2H2,1H3. The molecule has 1 aromatic heterocycles. The summed E-state index contributed by atoms with van der Waals surface area (Å²) < 4.78 is 0. The summed E-state index contributed by atoms with van der Waals surface area (Å²) in [6.45, 7) is 2.40. The molecule has 0 N–H and O–H groups in total. The molecule has 0 saturated heterocycles. The quantitative estimate of drug-likeness (QED) is 0.841. The Morgan fingerprint density at radius 2 is 2.41 bits per heavy atom. The lowest BCUT2D eigenvalue weighted by Crippen LogP contribution is -2.32. The minimum absolute atomic E-state index is 0.00245. The van der Waals surface area contributed by atoms with Gasteiger partial charge in [0, 0.05) is 5.57 Å². The third-order valence-corrected chi connectivity index (χ3v) is 4.39. The molecular formula is C12H11NO2S2. The first-order chi connectivity index (χ1) is 8.33.